The average Bonchev–Trinajstić information content (AvgIpc) is 2.89. The number of nitrogens with zero attached hydrogens (tertiary/aromatic N) is 3. The number of rotatable bonds is 5. The van der Waals surface area contributed by atoms with Gasteiger partial charge in [-0.15, -0.1) is 0 Å². The van der Waals surface area contributed by atoms with Crippen LogP contribution in [-0.4, -0.2) is 26.5 Å². The molecule has 0 spiro atoms. The van der Waals surface area contributed by atoms with E-state index in [9.17, 15) is 15.2 Å². The summed E-state index contributed by atoms with van der Waals surface area (Å²) in [4.78, 5) is 17.5. The van der Waals surface area contributed by atoms with Crippen LogP contribution in [0.4, 0.5) is 11.5 Å². The van der Waals surface area contributed by atoms with Gasteiger partial charge in [0.1, 0.15) is 6.20 Å². The summed E-state index contributed by atoms with van der Waals surface area (Å²) in [5.74, 6) is -0.0146. The Kier molecular flexibility index (Phi) is 4.25. The zero-order valence-electron chi connectivity index (χ0n) is 9.49. The van der Waals surface area contributed by atoms with Gasteiger partial charge in [-0.25, -0.2) is 4.98 Å². The molecule has 1 atom stereocenters. The maximum Gasteiger partial charge on any atom is 0.329 e. The summed E-state index contributed by atoms with van der Waals surface area (Å²) >= 11 is 7.05. The highest BCUT2D eigenvalue weighted by atomic mass is 35.5. The van der Waals surface area contributed by atoms with Gasteiger partial charge in [-0.1, -0.05) is 0 Å². The van der Waals surface area contributed by atoms with Crippen LogP contribution in [0.3, 0.4) is 0 Å². The van der Waals surface area contributed by atoms with Gasteiger partial charge in [0.05, 0.1) is 11.0 Å². The molecule has 0 aliphatic rings. The Hall–Kier alpha value is -1.77. The van der Waals surface area contributed by atoms with E-state index in [2.05, 4.69) is 15.3 Å². The van der Waals surface area contributed by atoms with Crippen LogP contribution < -0.4 is 5.32 Å². The monoisotopic (exact) mass is 300 g/mol. The predicted molar refractivity (Wildman–Crippen MR) is 71.5 cm³/mol. The fourth-order valence-corrected chi connectivity index (χ4v) is 2.23. The maximum atomic E-state index is 10.8. The number of aromatic nitrogens is 2. The third-order valence-electron chi connectivity index (χ3n) is 2.33. The topological polar surface area (TPSA) is 101 Å². The van der Waals surface area contributed by atoms with E-state index < -0.39 is 11.0 Å². The van der Waals surface area contributed by atoms with Crippen LogP contribution in [0.1, 0.15) is 11.7 Å². The van der Waals surface area contributed by atoms with Gasteiger partial charge in [-0.05, 0) is 34.0 Å². The first-order chi connectivity index (χ1) is 9.08. The average molecular weight is 301 g/mol. The Labute approximate surface area is 117 Å². The van der Waals surface area contributed by atoms with Crippen LogP contribution in [-0.2, 0) is 0 Å². The highest BCUT2D eigenvalue weighted by Crippen LogP contribution is 2.23. The van der Waals surface area contributed by atoms with Crippen molar-refractivity contribution in [3.63, 3.8) is 0 Å². The van der Waals surface area contributed by atoms with Gasteiger partial charge in [0.25, 0.3) is 0 Å². The minimum atomic E-state index is -0.778. The summed E-state index contributed by atoms with van der Waals surface area (Å²) in [6.45, 7) is 0.0882. The Bertz CT molecular complexity index is 578. The van der Waals surface area contributed by atoms with Gasteiger partial charge in [0.2, 0.25) is 11.1 Å². The van der Waals surface area contributed by atoms with E-state index in [-0.39, 0.29) is 23.3 Å². The molecule has 0 aliphatic heterocycles. The first-order valence-corrected chi connectivity index (χ1v) is 6.51. The van der Waals surface area contributed by atoms with Crippen molar-refractivity contribution in [3.8, 4) is 0 Å². The summed E-state index contributed by atoms with van der Waals surface area (Å²) < 4.78 is 0. The first-order valence-electron chi connectivity index (χ1n) is 5.19. The molecule has 0 aliphatic carbocycles. The summed E-state index contributed by atoms with van der Waals surface area (Å²) in [6.07, 6.45) is 0.244. The molecule has 0 saturated heterocycles. The second-order valence-corrected chi connectivity index (χ2v) is 4.70. The van der Waals surface area contributed by atoms with E-state index >= 15 is 0 Å². The molecule has 2 heterocycles. The quantitative estimate of drug-likeness (QED) is 0.499. The van der Waals surface area contributed by atoms with Gasteiger partial charge in [-0.2, -0.15) is 16.3 Å². The first kappa shape index (κ1) is 13.7. The molecule has 2 rings (SSSR count). The van der Waals surface area contributed by atoms with Crippen molar-refractivity contribution in [2.24, 2.45) is 0 Å². The molecule has 0 amide bonds. The van der Waals surface area contributed by atoms with Crippen molar-refractivity contribution in [1.29, 1.82) is 0 Å². The smallest absolute Gasteiger partial charge is 0.329 e. The number of aliphatic hydroxyl groups is 1. The van der Waals surface area contributed by atoms with Gasteiger partial charge in [0.15, 0.2) is 0 Å². The molecule has 1 unspecified atom stereocenters. The fraction of sp³-hybridized carbons (Fsp3) is 0.200. The number of hydrogen-bond donors (Lipinski definition) is 2. The molecule has 0 saturated carbocycles. The molecule has 2 aromatic rings. The molecule has 100 valence electrons. The highest BCUT2D eigenvalue weighted by molar-refractivity contribution is 7.07. The largest absolute Gasteiger partial charge is 0.387 e. The van der Waals surface area contributed by atoms with Gasteiger partial charge in [0, 0.05) is 6.54 Å². The molecule has 7 nitrogen and oxygen atoms in total. The van der Waals surface area contributed by atoms with Gasteiger partial charge >= 0.3 is 5.69 Å². The van der Waals surface area contributed by atoms with Gasteiger partial charge < -0.3 is 10.4 Å². The van der Waals surface area contributed by atoms with Crippen molar-refractivity contribution in [3.05, 3.63) is 44.0 Å². The van der Waals surface area contributed by atoms with Crippen molar-refractivity contribution >= 4 is 34.4 Å². The Morgan fingerprint density at radius 3 is 3.05 bits per heavy atom. The van der Waals surface area contributed by atoms with Gasteiger partial charge in [-0.3, -0.25) is 10.1 Å². The van der Waals surface area contributed by atoms with Crippen molar-refractivity contribution in [1.82, 2.24) is 9.97 Å². The number of halogens is 1. The standard InChI is InChI=1S/C10H9ClN4O3S/c11-10-13-3-7(15(17)18)9(14-10)12-4-8(16)6-1-2-19-5-6/h1-3,5,8,16H,4H2,(H,12,13,14). The molecular weight excluding hydrogens is 292 g/mol. The van der Waals surface area contributed by atoms with Crippen LogP contribution in [0.2, 0.25) is 5.28 Å². The molecule has 0 aromatic carbocycles. The summed E-state index contributed by atoms with van der Waals surface area (Å²) in [6, 6.07) is 1.78. The molecule has 2 aromatic heterocycles. The lowest BCUT2D eigenvalue weighted by Gasteiger charge is -2.10. The third-order valence-corrected chi connectivity index (χ3v) is 3.21. The molecule has 9 heteroatoms. The van der Waals surface area contributed by atoms with E-state index in [4.69, 9.17) is 11.6 Å². The summed E-state index contributed by atoms with van der Waals surface area (Å²) in [7, 11) is 0. The summed E-state index contributed by atoms with van der Waals surface area (Å²) in [5.41, 5.74) is 0.447. The highest BCUT2D eigenvalue weighted by Gasteiger charge is 2.18. The van der Waals surface area contributed by atoms with E-state index in [1.807, 2.05) is 5.38 Å². The molecular formula is C10H9ClN4O3S. The van der Waals surface area contributed by atoms with E-state index in [1.54, 1.807) is 11.4 Å². The van der Waals surface area contributed by atoms with E-state index in [0.29, 0.717) is 0 Å². The lowest BCUT2D eigenvalue weighted by atomic mass is 10.2. The molecule has 0 fully saturated rings. The number of anilines is 1. The Balaban J connectivity index is 2.10. The SMILES string of the molecule is O=[N+]([O-])c1cnc(Cl)nc1NCC(O)c1ccsc1. The minimum absolute atomic E-state index is 0.0146. The molecule has 2 N–H and O–H groups in total. The molecule has 0 radical (unpaired) electrons. The molecule has 19 heavy (non-hydrogen) atoms. The maximum absolute atomic E-state index is 10.8. The lowest BCUT2D eigenvalue weighted by molar-refractivity contribution is -0.384. The number of nitro groups is 1. The lowest BCUT2D eigenvalue weighted by Crippen LogP contribution is -2.13. The van der Waals surface area contributed by atoms with Crippen LogP contribution >= 0.6 is 22.9 Å². The number of nitrogens with one attached hydrogen (secondary N) is 1. The zero-order chi connectivity index (χ0) is 13.8. The number of hydrogen-bond acceptors (Lipinski definition) is 7. The minimum Gasteiger partial charge on any atom is -0.387 e. The summed E-state index contributed by atoms with van der Waals surface area (Å²) in [5, 5.41) is 26.9. The second kappa shape index (κ2) is 5.91. The number of aliphatic hydroxyl groups excluding tert-OH is 1. The predicted octanol–water partition coefficient (Wildman–Crippen LogP) is 2.25. The van der Waals surface area contributed by atoms with Crippen LogP contribution in [0, 0.1) is 10.1 Å². The zero-order valence-corrected chi connectivity index (χ0v) is 11.1. The van der Waals surface area contributed by atoms with Crippen molar-refractivity contribution < 1.29 is 10.0 Å². The van der Waals surface area contributed by atoms with E-state index in [1.165, 1.54) is 11.3 Å². The van der Waals surface area contributed by atoms with Crippen LogP contribution in [0.15, 0.2) is 23.0 Å². The van der Waals surface area contributed by atoms with E-state index in [0.717, 1.165) is 11.8 Å². The molecule has 0 bridgehead atoms. The Morgan fingerprint density at radius 1 is 1.63 bits per heavy atom. The van der Waals surface area contributed by atoms with Crippen LogP contribution in [0.5, 0.6) is 0 Å². The van der Waals surface area contributed by atoms with Crippen molar-refractivity contribution in [2.45, 2.75) is 6.10 Å². The Morgan fingerprint density at radius 2 is 2.42 bits per heavy atom. The van der Waals surface area contributed by atoms with Crippen molar-refractivity contribution in [2.75, 3.05) is 11.9 Å². The fourth-order valence-electron chi connectivity index (χ4n) is 1.39. The number of thiophene rings is 1. The van der Waals surface area contributed by atoms with Crippen LogP contribution in [0.25, 0.3) is 0 Å². The second-order valence-electron chi connectivity index (χ2n) is 3.58. The normalized spacial score (nSPS) is 12.1. The third kappa shape index (κ3) is 3.37.